The van der Waals surface area contributed by atoms with Gasteiger partial charge in [-0.1, -0.05) is 24.3 Å². The lowest BCUT2D eigenvalue weighted by Crippen LogP contribution is -2.01. The summed E-state index contributed by atoms with van der Waals surface area (Å²) in [6.07, 6.45) is -0.0320. The molecule has 1 heterocycles. The van der Waals surface area contributed by atoms with E-state index in [9.17, 15) is 9.50 Å². The van der Waals surface area contributed by atoms with E-state index >= 15 is 0 Å². The van der Waals surface area contributed by atoms with Gasteiger partial charge in [-0.2, -0.15) is 0 Å². The molecule has 0 fully saturated rings. The Balaban J connectivity index is 1.86. The zero-order valence-electron chi connectivity index (χ0n) is 11.1. The normalized spacial score (nSPS) is 12.8. The van der Waals surface area contributed by atoms with Gasteiger partial charge in [-0.3, -0.25) is 0 Å². The molecular weight excluding hydrogens is 271 g/mol. The predicted molar refractivity (Wildman–Crippen MR) is 81.6 cm³/mol. The van der Waals surface area contributed by atoms with Crippen molar-refractivity contribution >= 4 is 21.4 Å². The summed E-state index contributed by atoms with van der Waals surface area (Å²) in [6, 6.07) is 14.8. The molecule has 0 aliphatic rings. The number of hydrogen-bond acceptors (Lipinski definition) is 2. The van der Waals surface area contributed by atoms with Crippen LogP contribution < -0.4 is 0 Å². The van der Waals surface area contributed by atoms with Gasteiger partial charge in [0.2, 0.25) is 0 Å². The van der Waals surface area contributed by atoms with E-state index in [1.807, 2.05) is 31.2 Å². The molecule has 3 aromatic rings. The first-order chi connectivity index (χ1) is 9.63. The van der Waals surface area contributed by atoms with Gasteiger partial charge in [0.15, 0.2) is 0 Å². The Morgan fingerprint density at radius 1 is 1.15 bits per heavy atom. The Morgan fingerprint density at radius 3 is 2.70 bits per heavy atom. The minimum atomic E-state index is -0.545. The van der Waals surface area contributed by atoms with Crippen LogP contribution in [0.25, 0.3) is 10.1 Å². The summed E-state index contributed by atoms with van der Waals surface area (Å²) in [5.41, 5.74) is 1.86. The van der Waals surface area contributed by atoms with E-state index in [0.717, 1.165) is 21.4 Å². The fraction of sp³-hybridized carbons (Fsp3) is 0.176. The van der Waals surface area contributed by atoms with Gasteiger partial charge in [0.25, 0.3) is 0 Å². The van der Waals surface area contributed by atoms with Gasteiger partial charge >= 0.3 is 0 Å². The van der Waals surface area contributed by atoms with Crippen molar-refractivity contribution in [2.24, 2.45) is 0 Å². The zero-order chi connectivity index (χ0) is 14.1. The van der Waals surface area contributed by atoms with Crippen LogP contribution in [0.15, 0.2) is 48.5 Å². The molecule has 0 radical (unpaired) electrons. The van der Waals surface area contributed by atoms with Gasteiger partial charge in [-0.05, 0) is 47.7 Å². The molecule has 1 aromatic heterocycles. The minimum Gasteiger partial charge on any atom is -0.387 e. The predicted octanol–water partition coefficient (Wildman–Crippen LogP) is 4.62. The van der Waals surface area contributed by atoms with Gasteiger partial charge in [-0.15, -0.1) is 11.3 Å². The van der Waals surface area contributed by atoms with Gasteiger partial charge in [0, 0.05) is 16.0 Å². The highest BCUT2D eigenvalue weighted by atomic mass is 32.1. The SMILES string of the molecule is Cc1cc(F)ccc1CC(O)c1cc2ccccc2s1. The number of thiophene rings is 1. The number of halogens is 1. The highest BCUT2D eigenvalue weighted by Gasteiger charge is 2.13. The lowest BCUT2D eigenvalue weighted by molar-refractivity contribution is 0.182. The fourth-order valence-corrected chi connectivity index (χ4v) is 3.41. The van der Waals surface area contributed by atoms with E-state index in [1.165, 1.54) is 16.8 Å². The minimum absolute atomic E-state index is 0.234. The Labute approximate surface area is 121 Å². The average molecular weight is 286 g/mol. The molecule has 1 N–H and O–H groups in total. The van der Waals surface area contributed by atoms with Gasteiger partial charge in [-0.25, -0.2) is 4.39 Å². The molecule has 0 saturated heterocycles. The van der Waals surface area contributed by atoms with Crippen molar-refractivity contribution in [2.75, 3.05) is 0 Å². The van der Waals surface area contributed by atoms with Crippen LogP contribution in [0.2, 0.25) is 0 Å². The molecule has 0 saturated carbocycles. The van der Waals surface area contributed by atoms with Crippen molar-refractivity contribution in [2.45, 2.75) is 19.4 Å². The number of aliphatic hydroxyl groups excluding tert-OH is 1. The van der Waals surface area contributed by atoms with E-state index in [-0.39, 0.29) is 5.82 Å². The summed E-state index contributed by atoms with van der Waals surface area (Å²) in [5, 5.41) is 11.5. The summed E-state index contributed by atoms with van der Waals surface area (Å²) in [4.78, 5) is 0.954. The first-order valence-electron chi connectivity index (χ1n) is 6.55. The van der Waals surface area contributed by atoms with Crippen LogP contribution in [0.1, 0.15) is 22.1 Å². The van der Waals surface area contributed by atoms with Crippen molar-refractivity contribution in [1.29, 1.82) is 0 Å². The van der Waals surface area contributed by atoms with Crippen LogP contribution in [0.4, 0.5) is 4.39 Å². The fourth-order valence-electron chi connectivity index (χ4n) is 2.36. The molecule has 3 rings (SSSR count). The van der Waals surface area contributed by atoms with Gasteiger partial charge < -0.3 is 5.11 Å². The molecule has 0 aliphatic heterocycles. The third-order valence-corrected chi connectivity index (χ3v) is 4.71. The smallest absolute Gasteiger partial charge is 0.123 e. The molecule has 0 bridgehead atoms. The Hall–Kier alpha value is -1.71. The van der Waals surface area contributed by atoms with Crippen LogP contribution in [-0.2, 0) is 6.42 Å². The van der Waals surface area contributed by atoms with E-state index in [1.54, 1.807) is 17.4 Å². The number of aliphatic hydroxyl groups is 1. The molecule has 2 aromatic carbocycles. The molecule has 102 valence electrons. The number of aryl methyl sites for hydroxylation is 1. The first kappa shape index (κ1) is 13.3. The molecule has 1 nitrogen and oxygen atoms in total. The summed E-state index contributed by atoms with van der Waals surface area (Å²) in [5.74, 6) is -0.234. The highest BCUT2D eigenvalue weighted by Crippen LogP contribution is 2.31. The number of benzene rings is 2. The summed E-state index contributed by atoms with van der Waals surface area (Å²) >= 11 is 1.61. The molecule has 0 spiro atoms. The second kappa shape index (κ2) is 5.35. The largest absolute Gasteiger partial charge is 0.387 e. The van der Waals surface area contributed by atoms with E-state index in [0.29, 0.717) is 6.42 Å². The standard InChI is InChI=1S/C17H15FOS/c1-11-8-14(18)7-6-12(11)9-15(19)17-10-13-4-2-3-5-16(13)20-17/h2-8,10,15,19H,9H2,1H3. The summed E-state index contributed by atoms with van der Waals surface area (Å²) in [7, 11) is 0. The van der Waals surface area contributed by atoms with Crippen molar-refractivity contribution in [3.63, 3.8) is 0 Å². The highest BCUT2D eigenvalue weighted by molar-refractivity contribution is 7.19. The molecule has 1 atom stereocenters. The van der Waals surface area contributed by atoms with Crippen molar-refractivity contribution in [1.82, 2.24) is 0 Å². The molecule has 20 heavy (non-hydrogen) atoms. The van der Waals surface area contributed by atoms with E-state index < -0.39 is 6.10 Å². The Bertz CT molecular complexity index is 715. The monoisotopic (exact) mass is 286 g/mol. The lowest BCUT2D eigenvalue weighted by Gasteiger charge is -2.11. The lowest BCUT2D eigenvalue weighted by atomic mass is 10.0. The van der Waals surface area contributed by atoms with Crippen LogP contribution in [0.5, 0.6) is 0 Å². The van der Waals surface area contributed by atoms with E-state index in [4.69, 9.17) is 0 Å². The zero-order valence-corrected chi connectivity index (χ0v) is 12.0. The van der Waals surface area contributed by atoms with Crippen LogP contribution >= 0.6 is 11.3 Å². The Kier molecular flexibility index (Phi) is 3.55. The second-order valence-electron chi connectivity index (χ2n) is 4.98. The van der Waals surface area contributed by atoms with Crippen molar-refractivity contribution in [3.05, 3.63) is 70.4 Å². The van der Waals surface area contributed by atoms with Crippen molar-refractivity contribution in [3.8, 4) is 0 Å². The third-order valence-electron chi connectivity index (χ3n) is 3.49. The van der Waals surface area contributed by atoms with Crippen LogP contribution in [0.3, 0.4) is 0 Å². The first-order valence-corrected chi connectivity index (χ1v) is 7.37. The van der Waals surface area contributed by atoms with Crippen LogP contribution in [-0.4, -0.2) is 5.11 Å². The quantitative estimate of drug-likeness (QED) is 0.744. The second-order valence-corrected chi connectivity index (χ2v) is 6.09. The molecule has 0 aliphatic carbocycles. The maximum atomic E-state index is 13.1. The average Bonchev–Trinajstić information content (AvgIpc) is 2.86. The Morgan fingerprint density at radius 2 is 1.95 bits per heavy atom. The topological polar surface area (TPSA) is 20.2 Å². The van der Waals surface area contributed by atoms with Crippen molar-refractivity contribution < 1.29 is 9.50 Å². The number of fused-ring (bicyclic) bond motifs is 1. The number of rotatable bonds is 3. The van der Waals surface area contributed by atoms with E-state index in [2.05, 4.69) is 6.07 Å². The molecule has 0 amide bonds. The maximum absolute atomic E-state index is 13.1. The molecule has 1 unspecified atom stereocenters. The molecular formula is C17H15FOS. The van der Waals surface area contributed by atoms with Gasteiger partial charge in [0.05, 0.1) is 6.10 Å². The molecule has 3 heteroatoms. The van der Waals surface area contributed by atoms with Crippen LogP contribution in [0, 0.1) is 12.7 Å². The summed E-state index contributed by atoms with van der Waals surface area (Å²) in [6.45, 7) is 1.87. The maximum Gasteiger partial charge on any atom is 0.123 e. The van der Waals surface area contributed by atoms with Gasteiger partial charge in [0.1, 0.15) is 5.82 Å². The summed E-state index contributed by atoms with van der Waals surface area (Å²) < 4.78 is 14.3. The number of hydrogen-bond donors (Lipinski definition) is 1. The third kappa shape index (κ3) is 2.60.